The Morgan fingerprint density at radius 1 is 1.40 bits per heavy atom. The Bertz CT molecular complexity index is 610. The van der Waals surface area contributed by atoms with Crippen molar-refractivity contribution in [3.05, 3.63) is 40.1 Å². The van der Waals surface area contributed by atoms with Gasteiger partial charge in [0.1, 0.15) is 10.6 Å². The fourth-order valence-corrected chi connectivity index (χ4v) is 3.50. The highest BCUT2D eigenvalue weighted by atomic mass is 32.2. The van der Waals surface area contributed by atoms with Gasteiger partial charge < -0.3 is 15.6 Å². The molecule has 0 bridgehead atoms. The van der Waals surface area contributed by atoms with Gasteiger partial charge in [0.05, 0.1) is 6.61 Å². The molecule has 0 fully saturated rings. The van der Waals surface area contributed by atoms with Gasteiger partial charge in [-0.25, -0.2) is 4.79 Å². The van der Waals surface area contributed by atoms with Gasteiger partial charge in [0.25, 0.3) is 0 Å². The second-order valence-corrected chi connectivity index (χ2v) is 6.18. The first-order valence-corrected chi connectivity index (χ1v) is 7.87. The number of carboxylic acid groups (broad SMARTS) is 1. The summed E-state index contributed by atoms with van der Waals surface area (Å²) >= 11 is 2.87. The highest BCUT2D eigenvalue weighted by Crippen LogP contribution is 2.33. The Balaban J connectivity index is 2.05. The van der Waals surface area contributed by atoms with Crippen LogP contribution in [0.1, 0.15) is 21.5 Å². The fraction of sp³-hybridized carbons (Fsp3) is 0.214. The average Bonchev–Trinajstić information content (AvgIpc) is 2.89. The molecule has 0 amide bonds. The summed E-state index contributed by atoms with van der Waals surface area (Å²) in [5.74, 6) is 0.600. The molecular weight excluding hydrogens is 294 g/mol. The van der Waals surface area contributed by atoms with E-state index in [1.54, 1.807) is 17.8 Å². The third kappa shape index (κ3) is 3.68. The number of anilines is 1. The summed E-state index contributed by atoms with van der Waals surface area (Å²) in [6.07, 6.45) is 0. The summed E-state index contributed by atoms with van der Waals surface area (Å²) in [5, 5.41) is 8.89. The molecule has 106 valence electrons. The van der Waals surface area contributed by atoms with Gasteiger partial charge >= 0.3 is 5.97 Å². The van der Waals surface area contributed by atoms with Crippen LogP contribution in [0.4, 0.5) is 5.69 Å². The number of carbonyl (C=O) groups is 1. The molecule has 4 nitrogen and oxygen atoms in total. The van der Waals surface area contributed by atoms with Crippen molar-refractivity contribution in [1.29, 1.82) is 0 Å². The summed E-state index contributed by atoms with van der Waals surface area (Å²) < 4.78 is 5.45. The molecule has 20 heavy (non-hydrogen) atoms. The van der Waals surface area contributed by atoms with Gasteiger partial charge in [-0.3, -0.25) is 0 Å². The summed E-state index contributed by atoms with van der Waals surface area (Å²) in [6.45, 7) is 2.54. The van der Waals surface area contributed by atoms with E-state index < -0.39 is 5.97 Å². The molecule has 0 spiro atoms. The van der Waals surface area contributed by atoms with Crippen LogP contribution in [0.5, 0.6) is 5.75 Å². The fourth-order valence-electron chi connectivity index (χ4n) is 1.62. The standard InChI is InChI=1S/C14H15NO3S2/c1-2-18-9-3-5-11(15)13(7-9)19-8-10-4-6-12(20-10)14(16)17/h3-7H,2,8,15H2,1H3,(H,16,17). The molecule has 0 aliphatic carbocycles. The lowest BCUT2D eigenvalue weighted by Crippen LogP contribution is -1.94. The van der Waals surface area contributed by atoms with Crippen LogP contribution in [0.3, 0.4) is 0 Å². The molecule has 0 atom stereocenters. The average molecular weight is 309 g/mol. The Morgan fingerprint density at radius 3 is 2.85 bits per heavy atom. The number of benzene rings is 1. The number of ether oxygens (including phenoxy) is 1. The maximum absolute atomic E-state index is 10.8. The summed E-state index contributed by atoms with van der Waals surface area (Å²) in [5.41, 5.74) is 6.64. The summed E-state index contributed by atoms with van der Waals surface area (Å²) in [6, 6.07) is 9.04. The van der Waals surface area contributed by atoms with Gasteiger partial charge in [0.2, 0.25) is 0 Å². The van der Waals surface area contributed by atoms with Gasteiger partial charge in [-0.1, -0.05) is 0 Å². The van der Waals surface area contributed by atoms with Crippen LogP contribution in [0.2, 0.25) is 0 Å². The smallest absolute Gasteiger partial charge is 0.345 e. The predicted molar refractivity (Wildman–Crippen MR) is 82.9 cm³/mol. The number of nitrogen functional groups attached to an aromatic ring is 1. The van der Waals surface area contributed by atoms with Crippen LogP contribution in [-0.4, -0.2) is 17.7 Å². The number of thioether (sulfide) groups is 1. The van der Waals surface area contributed by atoms with E-state index in [9.17, 15) is 4.79 Å². The van der Waals surface area contributed by atoms with Crippen molar-refractivity contribution in [3.63, 3.8) is 0 Å². The van der Waals surface area contributed by atoms with Crippen LogP contribution >= 0.6 is 23.1 Å². The van der Waals surface area contributed by atoms with Crippen molar-refractivity contribution in [1.82, 2.24) is 0 Å². The quantitative estimate of drug-likeness (QED) is 0.628. The van der Waals surface area contributed by atoms with Crippen LogP contribution < -0.4 is 10.5 Å². The highest BCUT2D eigenvalue weighted by molar-refractivity contribution is 7.98. The van der Waals surface area contributed by atoms with Crippen LogP contribution in [0, 0.1) is 0 Å². The van der Waals surface area contributed by atoms with Crippen molar-refractivity contribution in [2.75, 3.05) is 12.3 Å². The molecule has 2 rings (SSSR count). The molecule has 1 heterocycles. The minimum atomic E-state index is -0.885. The molecule has 0 aliphatic rings. The number of carboxylic acids is 1. The molecule has 0 aliphatic heterocycles. The van der Waals surface area contributed by atoms with Crippen LogP contribution in [0.15, 0.2) is 35.2 Å². The third-order valence-electron chi connectivity index (χ3n) is 2.54. The highest BCUT2D eigenvalue weighted by Gasteiger charge is 2.08. The van der Waals surface area contributed by atoms with Gasteiger partial charge in [-0.15, -0.1) is 23.1 Å². The van der Waals surface area contributed by atoms with E-state index in [1.807, 2.05) is 31.2 Å². The van der Waals surface area contributed by atoms with E-state index in [4.69, 9.17) is 15.6 Å². The maximum Gasteiger partial charge on any atom is 0.345 e. The zero-order valence-electron chi connectivity index (χ0n) is 11.0. The Labute approximate surface area is 125 Å². The van der Waals surface area contributed by atoms with E-state index >= 15 is 0 Å². The van der Waals surface area contributed by atoms with E-state index in [-0.39, 0.29) is 0 Å². The normalized spacial score (nSPS) is 10.4. The van der Waals surface area contributed by atoms with Crippen molar-refractivity contribution in [2.45, 2.75) is 17.6 Å². The number of nitrogens with two attached hydrogens (primary N) is 1. The predicted octanol–water partition coefficient (Wildman–Crippen LogP) is 3.72. The van der Waals surface area contributed by atoms with Crippen molar-refractivity contribution in [3.8, 4) is 5.75 Å². The lowest BCUT2D eigenvalue weighted by atomic mass is 10.3. The first-order chi connectivity index (χ1) is 9.60. The monoisotopic (exact) mass is 309 g/mol. The van der Waals surface area contributed by atoms with Crippen molar-refractivity contribution >= 4 is 34.8 Å². The zero-order chi connectivity index (χ0) is 14.5. The second-order valence-electron chi connectivity index (χ2n) is 3.99. The molecular formula is C14H15NO3S2. The minimum absolute atomic E-state index is 0.358. The lowest BCUT2D eigenvalue weighted by Gasteiger charge is -2.08. The molecule has 0 radical (unpaired) electrons. The van der Waals surface area contributed by atoms with Gasteiger partial charge in [-0.2, -0.15) is 0 Å². The lowest BCUT2D eigenvalue weighted by molar-refractivity contribution is 0.0702. The molecule has 0 unspecified atom stereocenters. The van der Waals surface area contributed by atoms with Gasteiger partial charge in [-0.05, 0) is 37.3 Å². The van der Waals surface area contributed by atoms with E-state index in [1.165, 1.54) is 11.3 Å². The van der Waals surface area contributed by atoms with Crippen molar-refractivity contribution in [2.24, 2.45) is 0 Å². The third-order valence-corrected chi connectivity index (χ3v) is 4.91. The molecule has 3 N–H and O–H groups in total. The van der Waals surface area contributed by atoms with Crippen LogP contribution in [0.25, 0.3) is 0 Å². The Kier molecular flexibility index (Phi) is 4.92. The number of rotatable bonds is 6. The Morgan fingerprint density at radius 2 is 2.20 bits per heavy atom. The summed E-state index contributed by atoms with van der Waals surface area (Å²) in [7, 11) is 0. The first kappa shape index (κ1) is 14.7. The Hall–Kier alpha value is -1.66. The zero-order valence-corrected chi connectivity index (χ0v) is 12.6. The second kappa shape index (κ2) is 6.67. The maximum atomic E-state index is 10.8. The number of thiophene rings is 1. The topological polar surface area (TPSA) is 72.5 Å². The first-order valence-electron chi connectivity index (χ1n) is 6.07. The SMILES string of the molecule is CCOc1ccc(N)c(SCc2ccc(C(=O)O)s2)c1. The summed E-state index contributed by atoms with van der Waals surface area (Å²) in [4.78, 5) is 13.1. The number of aromatic carboxylic acids is 1. The van der Waals surface area contributed by atoms with E-state index in [0.717, 1.165) is 15.5 Å². The molecule has 1 aromatic heterocycles. The molecule has 2 aromatic rings. The number of hydrogen-bond donors (Lipinski definition) is 2. The van der Waals surface area contributed by atoms with Crippen molar-refractivity contribution < 1.29 is 14.6 Å². The largest absolute Gasteiger partial charge is 0.494 e. The molecule has 0 saturated heterocycles. The number of hydrogen-bond acceptors (Lipinski definition) is 5. The van der Waals surface area contributed by atoms with Crippen LogP contribution in [-0.2, 0) is 5.75 Å². The van der Waals surface area contributed by atoms with Gasteiger partial charge in [0.15, 0.2) is 0 Å². The minimum Gasteiger partial charge on any atom is -0.494 e. The molecule has 1 aromatic carbocycles. The molecule has 0 saturated carbocycles. The molecule has 6 heteroatoms. The van der Waals surface area contributed by atoms with E-state index in [0.29, 0.717) is 22.9 Å². The van der Waals surface area contributed by atoms with Gasteiger partial charge in [0, 0.05) is 21.2 Å². The van der Waals surface area contributed by atoms with E-state index in [2.05, 4.69) is 0 Å².